The second-order valence-electron chi connectivity index (χ2n) is 4.61. The van der Waals surface area contributed by atoms with Gasteiger partial charge in [-0.05, 0) is 18.9 Å². The maximum atomic E-state index is 12.5. The highest BCUT2D eigenvalue weighted by Gasteiger charge is 2.22. The summed E-state index contributed by atoms with van der Waals surface area (Å²) in [5, 5.41) is 0.824. The summed E-state index contributed by atoms with van der Waals surface area (Å²) in [4.78, 5) is 12.5. The van der Waals surface area contributed by atoms with Crippen LogP contribution in [0.25, 0.3) is 0 Å². The van der Waals surface area contributed by atoms with Gasteiger partial charge in [-0.3, -0.25) is 4.79 Å². The van der Waals surface area contributed by atoms with Gasteiger partial charge >= 0.3 is 0 Å². The van der Waals surface area contributed by atoms with Crippen LogP contribution in [0.1, 0.15) is 49.9 Å². The van der Waals surface area contributed by atoms with Gasteiger partial charge in [-0.15, -0.1) is 0 Å². The number of benzene rings is 1. The Balaban J connectivity index is 3.07. The smallest absolute Gasteiger partial charge is 0.167 e. The van der Waals surface area contributed by atoms with Crippen LogP contribution < -0.4 is 4.74 Å². The van der Waals surface area contributed by atoms with Gasteiger partial charge < -0.3 is 4.74 Å². The summed E-state index contributed by atoms with van der Waals surface area (Å²) in [6, 6.07) is 3.22. The fourth-order valence-electron chi connectivity index (χ4n) is 2.20. The first-order valence-electron chi connectivity index (χ1n) is 6.62. The highest BCUT2D eigenvalue weighted by atomic mass is 35.5. The van der Waals surface area contributed by atoms with E-state index >= 15 is 0 Å². The van der Waals surface area contributed by atoms with Gasteiger partial charge in [0.1, 0.15) is 5.75 Å². The predicted octanol–water partition coefficient (Wildman–Crippen LogP) is 5.40. The highest BCUT2D eigenvalue weighted by Crippen LogP contribution is 2.33. The summed E-state index contributed by atoms with van der Waals surface area (Å²) in [6.45, 7) is 4.16. The fraction of sp³-hybridized carbons (Fsp3) is 0.533. The zero-order chi connectivity index (χ0) is 14.4. The number of halogens is 2. The lowest BCUT2D eigenvalue weighted by Gasteiger charge is -2.16. The molecule has 0 N–H and O–H groups in total. The van der Waals surface area contributed by atoms with Crippen molar-refractivity contribution in [3.63, 3.8) is 0 Å². The Morgan fingerprint density at radius 3 is 2.21 bits per heavy atom. The van der Waals surface area contributed by atoms with Crippen molar-refractivity contribution in [3.8, 4) is 5.75 Å². The van der Waals surface area contributed by atoms with E-state index in [1.165, 1.54) is 7.11 Å². The topological polar surface area (TPSA) is 26.3 Å². The van der Waals surface area contributed by atoms with E-state index in [9.17, 15) is 4.79 Å². The molecule has 0 radical (unpaired) electrons. The summed E-state index contributed by atoms with van der Waals surface area (Å²) in [5.41, 5.74) is 0.499. The SMILES string of the molecule is CCCC(CCC)C(=O)c1cc(Cl)c(OC)cc1Cl. The van der Waals surface area contributed by atoms with Crippen LogP contribution >= 0.6 is 23.2 Å². The molecule has 2 nitrogen and oxygen atoms in total. The molecule has 4 heteroatoms. The predicted molar refractivity (Wildman–Crippen MR) is 80.7 cm³/mol. The number of carbonyl (C=O) groups excluding carboxylic acids is 1. The van der Waals surface area contributed by atoms with E-state index in [0.717, 1.165) is 25.7 Å². The Kier molecular flexibility index (Phi) is 6.67. The minimum absolute atomic E-state index is 0.0250. The van der Waals surface area contributed by atoms with Gasteiger partial charge in [0.25, 0.3) is 0 Å². The van der Waals surface area contributed by atoms with Gasteiger partial charge in [-0.2, -0.15) is 0 Å². The molecule has 0 spiro atoms. The third-order valence-electron chi connectivity index (χ3n) is 3.15. The molecule has 1 rings (SSSR count). The summed E-state index contributed by atoms with van der Waals surface area (Å²) >= 11 is 12.2. The van der Waals surface area contributed by atoms with Crippen molar-refractivity contribution < 1.29 is 9.53 Å². The molecule has 1 aromatic carbocycles. The number of methoxy groups -OCH3 is 1. The zero-order valence-corrected chi connectivity index (χ0v) is 13.1. The first kappa shape index (κ1) is 16.3. The van der Waals surface area contributed by atoms with E-state index in [0.29, 0.717) is 21.4 Å². The van der Waals surface area contributed by atoms with E-state index in [1.54, 1.807) is 12.1 Å². The number of hydrogen-bond acceptors (Lipinski definition) is 2. The average molecular weight is 303 g/mol. The Labute approximate surface area is 125 Å². The standard InChI is InChI=1S/C15H20Cl2O2/c1-4-6-10(7-5-2)15(18)11-8-13(17)14(19-3)9-12(11)16/h8-10H,4-7H2,1-3H3. The summed E-state index contributed by atoms with van der Waals surface area (Å²) < 4.78 is 5.09. The lowest BCUT2D eigenvalue weighted by molar-refractivity contribution is 0.0905. The van der Waals surface area contributed by atoms with Crippen molar-refractivity contribution in [1.82, 2.24) is 0 Å². The van der Waals surface area contributed by atoms with Crippen LogP contribution in [0, 0.1) is 5.92 Å². The van der Waals surface area contributed by atoms with Crippen LogP contribution in [0.4, 0.5) is 0 Å². The van der Waals surface area contributed by atoms with Crippen molar-refractivity contribution >= 4 is 29.0 Å². The third-order valence-corrected chi connectivity index (χ3v) is 3.76. The molecular formula is C15H20Cl2O2. The van der Waals surface area contributed by atoms with E-state index in [4.69, 9.17) is 27.9 Å². The van der Waals surface area contributed by atoms with E-state index < -0.39 is 0 Å². The van der Waals surface area contributed by atoms with E-state index in [1.807, 2.05) is 0 Å². The van der Waals surface area contributed by atoms with Gasteiger partial charge in [-0.1, -0.05) is 49.9 Å². The van der Waals surface area contributed by atoms with Crippen molar-refractivity contribution in [1.29, 1.82) is 0 Å². The first-order valence-corrected chi connectivity index (χ1v) is 7.37. The largest absolute Gasteiger partial charge is 0.495 e. The molecule has 0 fully saturated rings. The maximum Gasteiger partial charge on any atom is 0.167 e. The Morgan fingerprint density at radius 1 is 1.16 bits per heavy atom. The molecule has 0 saturated carbocycles. The molecule has 0 aromatic heterocycles. The van der Waals surface area contributed by atoms with Gasteiger partial charge in [0, 0.05) is 17.5 Å². The van der Waals surface area contributed by atoms with Gasteiger partial charge in [0.15, 0.2) is 5.78 Å². The molecule has 0 amide bonds. The number of rotatable bonds is 7. The third kappa shape index (κ3) is 4.12. The monoisotopic (exact) mass is 302 g/mol. The molecule has 0 saturated heterocycles. The molecule has 0 aliphatic carbocycles. The van der Waals surface area contributed by atoms with Crippen molar-refractivity contribution in [2.45, 2.75) is 39.5 Å². The molecule has 0 bridgehead atoms. The maximum absolute atomic E-state index is 12.5. The minimum Gasteiger partial charge on any atom is -0.495 e. The molecular weight excluding hydrogens is 283 g/mol. The second kappa shape index (κ2) is 7.76. The second-order valence-corrected chi connectivity index (χ2v) is 5.42. The van der Waals surface area contributed by atoms with Crippen LogP contribution in [-0.4, -0.2) is 12.9 Å². The van der Waals surface area contributed by atoms with Crippen LogP contribution in [0.5, 0.6) is 5.75 Å². The van der Waals surface area contributed by atoms with Crippen LogP contribution in [0.3, 0.4) is 0 Å². The van der Waals surface area contributed by atoms with Crippen LogP contribution in [0.15, 0.2) is 12.1 Å². The van der Waals surface area contributed by atoms with Gasteiger partial charge in [-0.25, -0.2) is 0 Å². The lowest BCUT2D eigenvalue weighted by atomic mass is 9.90. The van der Waals surface area contributed by atoms with Crippen molar-refractivity contribution in [2.24, 2.45) is 5.92 Å². The zero-order valence-electron chi connectivity index (χ0n) is 11.6. The van der Waals surface area contributed by atoms with Gasteiger partial charge in [0.2, 0.25) is 0 Å². The average Bonchev–Trinajstić information content (AvgIpc) is 2.40. The quantitative estimate of drug-likeness (QED) is 0.630. The molecule has 0 unspecified atom stereocenters. The van der Waals surface area contributed by atoms with Crippen molar-refractivity contribution in [3.05, 3.63) is 27.7 Å². The molecule has 0 heterocycles. The molecule has 1 aromatic rings. The minimum atomic E-state index is 0.0250. The van der Waals surface area contributed by atoms with Crippen molar-refractivity contribution in [2.75, 3.05) is 7.11 Å². The Bertz CT molecular complexity index is 438. The van der Waals surface area contributed by atoms with E-state index in [2.05, 4.69) is 13.8 Å². The summed E-state index contributed by atoms with van der Waals surface area (Å²) in [5.74, 6) is 0.598. The molecule has 0 aliphatic rings. The molecule has 0 atom stereocenters. The summed E-state index contributed by atoms with van der Waals surface area (Å²) in [7, 11) is 1.52. The van der Waals surface area contributed by atoms with Crippen LogP contribution in [0.2, 0.25) is 10.0 Å². The fourth-order valence-corrected chi connectivity index (χ4v) is 2.68. The molecule has 19 heavy (non-hydrogen) atoms. The summed E-state index contributed by atoms with van der Waals surface area (Å²) in [6.07, 6.45) is 3.73. The number of Topliss-reactive ketones (excluding diaryl/α,β-unsaturated/α-hetero) is 1. The number of ketones is 1. The lowest BCUT2D eigenvalue weighted by Crippen LogP contribution is -2.15. The molecule has 0 aliphatic heterocycles. The Hall–Kier alpha value is -0.730. The van der Waals surface area contributed by atoms with Crippen LogP contribution in [-0.2, 0) is 0 Å². The number of ether oxygens (including phenoxy) is 1. The molecule has 106 valence electrons. The number of carbonyl (C=O) groups is 1. The Morgan fingerprint density at radius 2 is 1.74 bits per heavy atom. The van der Waals surface area contributed by atoms with Gasteiger partial charge in [0.05, 0.1) is 17.2 Å². The highest BCUT2D eigenvalue weighted by molar-refractivity contribution is 6.36. The first-order chi connectivity index (χ1) is 9.04. The number of hydrogen-bond donors (Lipinski definition) is 0. The van der Waals surface area contributed by atoms with E-state index in [-0.39, 0.29) is 11.7 Å². The normalized spacial score (nSPS) is 10.8.